The molecule has 19 heavy (non-hydrogen) atoms. The van der Waals surface area contributed by atoms with Crippen molar-refractivity contribution in [2.45, 2.75) is 64.4 Å². The van der Waals surface area contributed by atoms with Gasteiger partial charge in [-0.25, -0.2) is 0 Å². The highest BCUT2D eigenvalue weighted by Crippen LogP contribution is 2.28. The molecular formula is C15H29NO3. The molecule has 0 saturated heterocycles. The molecule has 1 fully saturated rings. The highest BCUT2D eigenvalue weighted by Gasteiger charge is 2.18. The van der Waals surface area contributed by atoms with Crippen molar-refractivity contribution in [2.75, 3.05) is 13.1 Å². The fraction of sp³-hybridized carbons (Fsp3) is 0.933. The highest BCUT2D eigenvalue weighted by molar-refractivity contribution is 5.66. The number of aliphatic carboxylic acids is 1. The van der Waals surface area contributed by atoms with Crippen LogP contribution in [0.2, 0.25) is 0 Å². The summed E-state index contributed by atoms with van der Waals surface area (Å²) in [6.45, 7) is 3.62. The molecule has 3 N–H and O–H groups in total. The van der Waals surface area contributed by atoms with Gasteiger partial charge >= 0.3 is 5.97 Å². The monoisotopic (exact) mass is 271 g/mol. The molecule has 4 heteroatoms. The zero-order valence-corrected chi connectivity index (χ0v) is 12.1. The molecule has 2 unspecified atom stereocenters. The van der Waals surface area contributed by atoms with E-state index in [4.69, 9.17) is 5.11 Å². The number of carbonyl (C=O) groups is 1. The van der Waals surface area contributed by atoms with Gasteiger partial charge in [-0.05, 0) is 37.6 Å². The van der Waals surface area contributed by atoms with E-state index in [-0.39, 0.29) is 12.5 Å². The quantitative estimate of drug-likeness (QED) is 0.534. The Morgan fingerprint density at radius 1 is 1.32 bits per heavy atom. The second kappa shape index (κ2) is 9.32. The molecule has 0 aliphatic heterocycles. The molecule has 2 atom stereocenters. The van der Waals surface area contributed by atoms with Gasteiger partial charge in [-0.2, -0.15) is 0 Å². The van der Waals surface area contributed by atoms with Crippen molar-refractivity contribution in [3.8, 4) is 0 Å². The minimum atomic E-state index is -0.716. The lowest BCUT2D eigenvalue weighted by Gasteiger charge is -2.17. The first kappa shape index (κ1) is 16.4. The Kier molecular flexibility index (Phi) is 8.07. The fourth-order valence-electron chi connectivity index (χ4n) is 2.85. The molecule has 0 radical (unpaired) electrons. The fourth-order valence-corrected chi connectivity index (χ4v) is 2.85. The average Bonchev–Trinajstić information content (AvgIpc) is 2.85. The Hall–Kier alpha value is -0.610. The van der Waals surface area contributed by atoms with E-state index < -0.39 is 5.97 Å². The van der Waals surface area contributed by atoms with Crippen LogP contribution in [-0.4, -0.2) is 35.4 Å². The number of nitrogens with one attached hydrogen (secondary N) is 1. The predicted octanol–water partition coefficient (Wildman–Crippen LogP) is 2.41. The van der Waals surface area contributed by atoms with E-state index >= 15 is 0 Å². The Labute approximate surface area is 116 Å². The summed E-state index contributed by atoms with van der Waals surface area (Å²) in [4.78, 5) is 10.4. The lowest BCUT2D eigenvalue weighted by atomic mass is 9.99. The van der Waals surface area contributed by atoms with Crippen LogP contribution in [0.25, 0.3) is 0 Å². The van der Waals surface area contributed by atoms with E-state index in [1.807, 2.05) is 0 Å². The van der Waals surface area contributed by atoms with Crippen molar-refractivity contribution in [2.24, 2.45) is 11.8 Å². The van der Waals surface area contributed by atoms with Gasteiger partial charge < -0.3 is 15.5 Å². The van der Waals surface area contributed by atoms with Gasteiger partial charge in [0.1, 0.15) is 0 Å². The molecule has 1 aliphatic rings. The van der Waals surface area contributed by atoms with Crippen LogP contribution in [0.15, 0.2) is 0 Å². The third-order valence-electron chi connectivity index (χ3n) is 4.13. The molecule has 1 rings (SSSR count). The largest absolute Gasteiger partial charge is 0.481 e. The summed E-state index contributed by atoms with van der Waals surface area (Å²) in [7, 11) is 0. The summed E-state index contributed by atoms with van der Waals surface area (Å²) in [5, 5.41) is 21.8. The third-order valence-corrected chi connectivity index (χ3v) is 4.13. The molecule has 4 nitrogen and oxygen atoms in total. The normalized spacial score (nSPS) is 19.5. The van der Waals surface area contributed by atoms with Gasteiger partial charge in [0.25, 0.3) is 0 Å². The smallest absolute Gasteiger partial charge is 0.303 e. The number of carboxylic acids is 1. The number of rotatable bonds is 10. The third kappa shape index (κ3) is 8.22. The van der Waals surface area contributed by atoms with Crippen molar-refractivity contribution in [3.05, 3.63) is 0 Å². The van der Waals surface area contributed by atoms with Gasteiger partial charge in [-0.15, -0.1) is 0 Å². The topological polar surface area (TPSA) is 69.6 Å². The summed E-state index contributed by atoms with van der Waals surface area (Å²) < 4.78 is 0. The number of hydrogen-bond donors (Lipinski definition) is 3. The Morgan fingerprint density at radius 3 is 2.63 bits per heavy atom. The minimum Gasteiger partial charge on any atom is -0.481 e. The summed E-state index contributed by atoms with van der Waals surface area (Å²) in [5.74, 6) is 0.439. The zero-order valence-electron chi connectivity index (χ0n) is 12.1. The lowest BCUT2D eigenvalue weighted by molar-refractivity contribution is -0.137. The van der Waals surface area contributed by atoms with Crippen LogP contribution in [0, 0.1) is 11.8 Å². The first-order chi connectivity index (χ1) is 9.08. The highest BCUT2D eigenvalue weighted by atomic mass is 16.4. The van der Waals surface area contributed by atoms with Crippen molar-refractivity contribution < 1.29 is 15.0 Å². The minimum absolute atomic E-state index is 0.225. The SMILES string of the molecule is CC(CCNCC(O)CC1CCCC1)CCC(=O)O. The van der Waals surface area contributed by atoms with Gasteiger partial charge in [0.05, 0.1) is 6.10 Å². The molecule has 112 valence electrons. The van der Waals surface area contributed by atoms with Crippen LogP contribution in [0.5, 0.6) is 0 Å². The van der Waals surface area contributed by atoms with Gasteiger partial charge in [0.2, 0.25) is 0 Å². The van der Waals surface area contributed by atoms with E-state index in [9.17, 15) is 9.90 Å². The van der Waals surface area contributed by atoms with E-state index in [0.717, 1.165) is 31.7 Å². The zero-order chi connectivity index (χ0) is 14.1. The first-order valence-electron chi connectivity index (χ1n) is 7.68. The molecule has 0 amide bonds. The molecule has 1 aliphatic carbocycles. The Bertz CT molecular complexity index is 252. The van der Waals surface area contributed by atoms with E-state index in [1.165, 1.54) is 25.7 Å². The summed E-state index contributed by atoms with van der Waals surface area (Å²) in [5.41, 5.74) is 0. The molecule has 0 aromatic carbocycles. The lowest BCUT2D eigenvalue weighted by Crippen LogP contribution is -2.29. The van der Waals surface area contributed by atoms with Crippen molar-refractivity contribution in [1.82, 2.24) is 5.32 Å². The molecule has 0 bridgehead atoms. The van der Waals surface area contributed by atoms with Crippen molar-refractivity contribution in [3.63, 3.8) is 0 Å². The van der Waals surface area contributed by atoms with E-state index in [0.29, 0.717) is 12.5 Å². The average molecular weight is 271 g/mol. The number of hydrogen-bond acceptors (Lipinski definition) is 3. The van der Waals surface area contributed by atoms with Crippen LogP contribution in [0.1, 0.15) is 58.3 Å². The molecule has 0 heterocycles. The molecule has 0 aromatic heterocycles. The summed E-state index contributed by atoms with van der Waals surface area (Å²) in [6.07, 6.45) is 7.89. The van der Waals surface area contributed by atoms with E-state index in [1.54, 1.807) is 0 Å². The van der Waals surface area contributed by atoms with Gasteiger partial charge in [0.15, 0.2) is 0 Å². The Balaban J connectivity index is 1.95. The van der Waals surface area contributed by atoms with Crippen LogP contribution in [0.3, 0.4) is 0 Å². The number of carboxylic acid groups (broad SMARTS) is 1. The van der Waals surface area contributed by atoms with Crippen LogP contribution in [0.4, 0.5) is 0 Å². The van der Waals surface area contributed by atoms with Gasteiger partial charge in [-0.1, -0.05) is 32.6 Å². The molecule has 1 saturated carbocycles. The van der Waals surface area contributed by atoms with Gasteiger partial charge in [0, 0.05) is 13.0 Å². The van der Waals surface area contributed by atoms with Crippen LogP contribution < -0.4 is 5.32 Å². The number of aliphatic hydroxyl groups excluding tert-OH is 1. The van der Waals surface area contributed by atoms with Crippen molar-refractivity contribution in [1.29, 1.82) is 0 Å². The molecule has 0 aromatic rings. The second-order valence-electron chi connectivity index (χ2n) is 6.07. The summed E-state index contributed by atoms with van der Waals surface area (Å²) in [6, 6.07) is 0. The predicted molar refractivity (Wildman–Crippen MR) is 76.1 cm³/mol. The number of aliphatic hydroxyl groups is 1. The standard InChI is InChI=1S/C15H29NO3/c1-12(6-7-15(18)19)8-9-16-11-14(17)10-13-4-2-3-5-13/h12-14,16-17H,2-11H2,1H3,(H,18,19). The van der Waals surface area contributed by atoms with Crippen molar-refractivity contribution >= 4 is 5.97 Å². The summed E-state index contributed by atoms with van der Waals surface area (Å²) >= 11 is 0. The maximum Gasteiger partial charge on any atom is 0.303 e. The van der Waals surface area contributed by atoms with Crippen LogP contribution in [-0.2, 0) is 4.79 Å². The first-order valence-corrected chi connectivity index (χ1v) is 7.68. The van der Waals surface area contributed by atoms with Gasteiger partial charge in [-0.3, -0.25) is 4.79 Å². The maximum atomic E-state index is 10.4. The molecule has 0 spiro atoms. The van der Waals surface area contributed by atoms with E-state index in [2.05, 4.69) is 12.2 Å². The Morgan fingerprint density at radius 2 is 2.00 bits per heavy atom. The maximum absolute atomic E-state index is 10.4. The molecular weight excluding hydrogens is 242 g/mol. The van der Waals surface area contributed by atoms with Crippen LogP contribution >= 0.6 is 0 Å². The second-order valence-corrected chi connectivity index (χ2v) is 6.07.